The zero-order valence-electron chi connectivity index (χ0n) is 9.51. The summed E-state index contributed by atoms with van der Waals surface area (Å²) >= 11 is 1.17. The zero-order valence-corrected chi connectivity index (χ0v) is 10.3. The third kappa shape index (κ3) is 8.00. The lowest BCUT2D eigenvalue weighted by Gasteiger charge is -2.05. The molecule has 1 saturated heterocycles. The Morgan fingerprint density at radius 1 is 0.706 bits per heavy atom. The Balaban J connectivity index is 2.24. The van der Waals surface area contributed by atoms with Crippen LogP contribution in [0.4, 0.5) is 0 Å². The van der Waals surface area contributed by atoms with E-state index in [1.807, 2.05) is 0 Å². The summed E-state index contributed by atoms with van der Waals surface area (Å²) in [6.45, 7) is 2.03. The van der Waals surface area contributed by atoms with Crippen LogP contribution in [-0.2, 0) is 28.5 Å². The molecule has 1 heterocycles. The SMILES string of the molecule is O=C1CSCC(=O)OCCOCCOCCO1. The number of hydrogen-bond acceptors (Lipinski definition) is 7. The third-order valence-corrected chi connectivity index (χ3v) is 2.67. The van der Waals surface area contributed by atoms with Crippen molar-refractivity contribution >= 4 is 23.7 Å². The summed E-state index contributed by atoms with van der Waals surface area (Å²) < 4.78 is 20.1. The van der Waals surface area contributed by atoms with Gasteiger partial charge >= 0.3 is 11.9 Å². The minimum Gasteiger partial charge on any atom is -0.463 e. The highest BCUT2D eigenvalue weighted by Crippen LogP contribution is 2.02. The molecule has 0 aliphatic carbocycles. The van der Waals surface area contributed by atoms with Gasteiger partial charge in [0.2, 0.25) is 0 Å². The van der Waals surface area contributed by atoms with Gasteiger partial charge in [0.25, 0.3) is 0 Å². The zero-order chi connectivity index (χ0) is 12.3. The first-order chi connectivity index (χ1) is 8.29. The number of cyclic esters (lactones) is 2. The van der Waals surface area contributed by atoms with Crippen molar-refractivity contribution in [2.45, 2.75) is 0 Å². The van der Waals surface area contributed by atoms with Gasteiger partial charge in [-0.1, -0.05) is 0 Å². The lowest BCUT2D eigenvalue weighted by Crippen LogP contribution is -2.14. The van der Waals surface area contributed by atoms with Crippen molar-refractivity contribution in [1.82, 2.24) is 0 Å². The molecule has 6 nitrogen and oxygen atoms in total. The second kappa shape index (κ2) is 9.26. The van der Waals surface area contributed by atoms with E-state index in [1.54, 1.807) is 0 Å². The molecule has 0 N–H and O–H groups in total. The van der Waals surface area contributed by atoms with Gasteiger partial charge in [0.1, 0.15) is 13.2 Å². The van der Waals surface area contributed by atoms with Gasteiger partial charge in [-0.25, -0.2) is 0 Å². The second-order valence-corrected chi connectivity index (χ2v) is 4.14. The van der Waals surface area contributed by atoms with Gasteiger partial charge in [0.05, 0.1) is 37.9 Å². The van der Waals surface area contributed by atoms with Crippen LogP contribution in [0.2, 0.25) is 0 Å². The summed E-state index contributed by atoms with van der Waals surface area (Å²) in [4.78, 5) is 22.3. The number of hydrogen-bond donors (Lipinski definition) is 0. The minimum absolute atomic E-state index is 0.144. The van der Waals surface area contributed by atoms with Crippen LogP contribution in [-0.4, -0.2) is 63.1 Å². The molecular formula is C10H16O6S. The van der Waals surface area contributed by atoms with Crippen LogP contribution in [0.1, 0.15) is 0 Å². The van der Waals surface area contributed by atoms with Crippen molar-refractivity contribution in [3.05, 3.63) is 0 Å². The van der Waals surface area contributed by atoms with Crippen LogP contribution in [0.15, 0.2) is 0 Å². The maximum atomic E-state index is 11.2. The van der Waals surface area contributed by atoms with Crippen LogP contribution in [0.25, 0.3) is 0 Å². The van der Waals surface area contributed by atoms with Crippen molar-refractivity contribution in [2.75, 3.05) is 51.1 Å². The lowest BCUT2D eigenvalue weighted by molar-refractivity contribution is -0.143. The summed E-state index contributed by atoms with van der Waals surface area (Å²) in [7, 11) is 0. The van der Waals surface area contributed by atoms with Crippen molar-refractivity contribution in [2.24, 2.45) is 0 Å². The van der Waals surface area contributed by atoms with Crippen LogP contribution < -0.4 is 0 Å². The quantitative estimate of drug-likeness (QED) is 0.563. The van der Waals surface area contributed by atoms with Gasteiger partial charge in [0.15, 0.2) is 0 Å². The van der Waals surface area contributed by atoms with Crippen LogP contribution >= 0.6 is 11.8 Å². The number of carbonyl (C=O) groups is 2. The van der Waals surface area contributed by atoms with Gasteiger partial charge in [-0.15, -0.1) is 11.8 Å². The van der Waals surface area contributed by atoms with Gasteiger partial charge in [-0.2, -0.15) is 0 Å². The molecule has 1 fully saturated rings. The lowest BCUT2D eigenvalue weighted by atomic mass is 10.7. The molecule has 0 spiro atoms. The Morgan fingerprint density at radius 3 is 1.59 bits per heavy atom. The molecule has 17 heavy (non-hydrogen) atoms. The standard InChI is InChI=1S/C10H16O6S/c11-9-7-17-8-10(12)16-6-4-14-2-1-13-3-5-15-9/h1-8H2. The second-order valence-electron chi connectivity index (χ2n) is 3.16. The molecule has 0 atom stereocenters. The Labute approximate surface area is 104 Å². The highest BCUT2D eigenvalue weighted by atomic mass is 32.2. The largest absolute Gasteiger partial charge is 0.463 e. The molecule has 1 aliphatic rings. The number of carbonyl (C=O) groups excluding carboxylic acids is 2. The average Bonchev–Trinajstić information content (AvgIpc) is 2.31. The van der Waals surface area contributed by atoms with E-state index in [-0.39, 0.29) is 36.7 Å². The maximum absolute atomic E-state index is 11.2. The van der Waals surface area contributed by atoms with E-state index in [9.17, 15) is 9.59 Å². The van der Waals surface area contributed by atoms with Gasteiger partial charge in [-0.3, -0.25) is 9.59 Å². The first-order valence-corrected chi connectivity index (χ1v) is 6.49. The van der Waals surface area contributed by atoms with E-state index >= 15 is 0 Å². The fourth-order valence-corrected chi connectivity index (χ4v) is 1.65. The van der Waals surface area contributed by atoms with E-state index < -0.39 is 0 Å². The Morgan fingerprint density at radius 2 is 1.12 bits per heavy atom. The van der Waals surface area contributed by atoms with Crippen LogP contribution in [0, 0.1) is 0 Å². The van der Waals surface area contributed by atoms with Gasteiger partial charge in [-0.05, 0) is 0 Å². The Kier molecular flexibility index (Phi) is 7.78. The number of rotatable bonds is 0. The normalized spacial score (nSPS) is 21.9. The monoisotopic (exact) mass is 264 g/mol. The molecule has 0 aromatic rings. The predicted octanol–water partition coefficient (Wildman–Crippen LogP) is -0.147. The van der Waals surface area contributed by atoms with Crippen LogP contribution in [0.5, 0.6) is 0 Å². The average molecular weight is 264 g/mol. The van der Waals surface area contributed by atoms with Crippen molar-refractivity contribution in [3.63, 3.8) is 0 Å². The molecule has 1 rings (SSSR count). The first-order valence-electron chi connectivity index (χ1n) is 5.33. The molecule has 0 unspecified atom stereocenters. The van der Waals surface area contributed by atoms with E-state index in [0.29, 0.717) is 26.4 Å². The topological polar surface area (TPSA) is 71.1 Å². The smallest absolute Gasteiger partial charge is 0.315 e. The molecule has 0 aromatic heterocycles. The van der Waals surface area contributed by atoms with Crippen molar-refractivity contribution in [3.8, 4) is 0 Å². The summed E-state index contributed by atoms with van der Waals surface area (Å²) in [6, 6.07) is 0. The highest BCUT2D eigenvalue weighted by Gasteiger charge is 2.08. The summed E-state index contributed by atoms with van der Waals surface area (Å²) in [5.74, 6) is -0.410. The predicted molar refractivity (Wildman–Crippen MR) is 60.9 cm³/mol. The van der Waals surface area contributed by atoms with Gasteiger partial charge < -0.3 is 18.9 Å². The Bertz CT molecular complexity index is 221. The summed E-state index contributed by atoms with van der Waals surface area (Å²) in [5, 5.41) is 0. The number of ether oxygens (including phenoxy) is 4. The number of thioether (sulfide) groups is 1. The van der Waals surface area contributed by atoms with E-state index in [1.165, 1.54) is 11.8 Å². The molecule has 0 aromatic carbocycles. The Hall–Kier alpha value is -0.790. The first kappa shape index (κ1) is 14.3. The molecule has 0 radical (unpaired) electrons. The molecule has 0 bridgehead atoms. The van der Waals surface area contributed by atoms with Gasteiger partial charge in [0, 0.05) is 0 Å². The van der Waals surface area contributed by atoms with Crippen molar-refractivity contribution in [1.29, 1.82) is 0 Å². The molecule has 98 valence electrons. The third-order valence-electron chi connectivity index (χ3n) is 1.79. The maximum Gasteiger partial charge on any atom is 0.315 e. The molecule has 7 heteroatoms. The number of esters is 2. The van der Waals surface area contributed by atoms with Crippen molar-refractivity contribution < 1.29 is 28.5 Å². The molecular weight excluding hydrogens is 248 g/mol. The van der Waals surface area contributed by atoms with Crippen LogP contribution in [0.3, 0.4) is 0 Å². The fourth-order valence-electron chi connectivity index (χ4n) is 1.05. The van der Waals surface area contributed by atoms with E-state index in [4.69, 9.17) is 18.9 Å². The highest BCUT2D eigenvalue weighted by molar-refractivity contribution is 8.00. The summed E-state index contributed by atoms with van der Waals surface area (Å²) in [6.07, 6.45) is 0. The fraction of sp³-hybridized carbons (Fsp3) is 0.800. The molecule has 1 aliphatic heterocycles. The van der Waals surface area contributed by atoms with E-state index in [0.717, 1.165) is 0 Å². The minimum atomic E-state index is -0.350. The summed E-state index contributed by atoms with van der Waals surface area (Å²) in [5.41, 5.74) is 0. The van der Waals surface area contributed by atoms with E-state index in [2.05, 4.69) is 0 Å². The molecule has 0 amide bonds. The molecule has 0 saturated carbocycles.